The Morgan fingerprint density at radius 3 is 1.22 bits per heavy atom. The predicted molar refractivity (Wildman–Crippen MR) is 284 cm³/mol. The van der Waals surface area contributed by atoms with Gasteiger partial charge in [-0.25, -0.2) is 0 Å². The average molecular weight is 985 g/mol. The molecular formula is C58H113NO10. The lowest BCUT2D eigenvalue weighted by Gasteiger charge is -2.40. The zero-order chi connectivity index (χ0) is 50.4. The third-order valence-electron chi connectivity index (χ3n) is 14.6. The van der Waals surface area contributed by atoms with Crippen molar-refractivity contribution in [3.63, 3.8) is 0 Å². The van der Waals surface area contributed by atoms with Gasteiger partial charge in [-0.3, -0.25) is 4.79 Å². The minimum Gasteiger partial charge on any atom is -0.394 e. The molecule has 11 nitrogen and oxygen atoms in total. The molecule has 1 saturated heterocycles. The van der Waals surface area contributed by atoms with Crippen molar-refractivity contribution < 1.29 is 50.0 Å². The smallest absolute Gasteiger partial charge is 0.249 e. The maximum Gasteiger partial charge on any atom is 0.249 e. The van der Waals surface area contributed by atoms with Gasteiger partial charge in [0.05, 0.1) is 25.4 Å². The minimum atomic E-state index is -1.66. The van der Waals surface area contributed by atoms with Crippen LogP contribution in [0.4, 0.5) is 0 Å². The van der Waals surface area contributed by atoms with E-state index in [-0.39, 0.29) is 6.42 Å². The van der Waals surface area contributed by atoms with Crippen molar-refractivity contribution in [3.8, 4) is 0 Å². The van der Waals surface area contributed by atoms with Crippen LogP contribution in [-0.4, -0.2) is 110 Å². The molecule has 1 heterocycles. The molecule has 0 aromatic heterocycles. The second kappa shape index (κ2) is 47.8. The summed E-state index contributed by atoms with van der Waals surface area (Å²) in [5, 5.41) is 76.2. The number of hydrogen-bond acceptors (Lipinski definition) is 10. The van der Waals surface area contributed by atoms with E-state index in [0.29, 0.717) is 19.3 Å². The summed E-state index contributed by atoms with van der Waals surface area (Å²) in [6.45, 7) is 3.49. The van der Waals surface area contributed by atoms with Crippen molar-refractivity contribution in [2.45, 2.75) is 339 Å². The highest BCUT2D eigenvalue weighted by Crippen LogP contribution is 2.24. The molecule has 1 aliphatic heterocycles. The number of carbonyl (C=O) groups is 1. The Kier molecular flexibility index (Phi) is 45.7. The van der Waals surface area contributed by atoms with Gasteiger partial charge in [-0.2, -0.15) is 0 Å². The lowest BCUT2D eigenvalue weighted by molar-refractivity contribution is -0.303. The van der Waals surface area contributed by atoms with Gasteiger partial charge in [0.2, 0.25) is 5.91 Å². The SMILES string of the molecule is CCCCCCCCCCCCCC/C=C\CCCCCCCCCCCC(O)C(=O)NC(COC1OC(CO)C(O)C(O)C1O)C(O)C(O)CCCCCCCCCCCCCCCCCCC. The number of carbonyl (C=O) groups excluding carboxylic acids is 1. The van der Waals surface area contributed by atoms with Crippen molar-refractivity contribution in [2.24, 2.45) is 0 Å². The molecule has 0 radical (unpaired) electrons. The van der Waals surface area contributed by atoms with Gasteiger partial charge in [-0.05, 0) is 38.5 Å². The van der Waals surface area contributed by atoms with Crippen molar-refractivity contribution >= 4 is 5.91 Å². The van der Waals surface area contributed by atoms with Crippen LogP contribution in [0.5, 0.6) is 0 Å². The zero-order valence-electron chi connectivity index (χ0n) is 44.8. The number of amides is 1. The number of aliphatic hydroxyl groups is 7. The van der Waals surface area contributed by atoms with E-state index in [2.05, 4.69) is 31.3 Å². The molecule has 9 atom stereocenters. The molecule has 0 aromatic rings. The fraction of sp³-hybridized carbons (Fsp3) is 0.948. The average Bonchev–Trinajstić information content (AvgIpc) is 3.35. The second-order valence-corrected chi connectivity index (χ2v) is 21.1. The summed E-state index contributed by atoms with van der Waals surface area (Å²) in [5.74, 6) is -0.694. The van der Waals surface area contributed by atoms with Crippen LogP contribution in [0.3, 0.4) is 0 Å². The topological polar surface area (TPSA) is 189 Å². The van der Waals surface area contributed by atoms with Crippen molar-refractivity contribution in [2.75, 3.05) is 13.2 Å². The van der Waals surface area contributed by atoms with Crippen molar-refractivity contribution in [1.82, 2.24) is 5.32 Å². The summed E-state index contributed by atoms with van der Waals surface area (Å²) < 4.78 is 11.1. The van der Waals surface area contributed by atoms with Crippen LogP contribution >= 0.6 is 0 Å². The maximum atomic E-state index is 13.2. The highest BCUT2D eigenvalue weighted by atomic mass is 16.7. The summed E-state index contributed by atoms with van der Waals surface area (Å²) in [6.07, 6.45) is 44.0. The Labute approximate surface area is 423 Å². The second-order valence-electron chi connectivity index (χ2n) is 21.1. The van der Waals surface area contributed by atoms with Crippen LogP contribution < -0.4 is 5.32 Å². The number of nitrogens with one attached hydrogen (secondary N) is 1. The van der Waals surface area contributed by atoms with Crippen LogP contribution in [0.1, 0.15) is 284 Å². The van der Waals surface area contributed by atoms with Gasteiger partial charge in [0.1, 0.15) is 36.6 Å². The van der Waals surface area contributed by atoms with E-state index in [9.17, 15) is 40.5 Å². The summed E-state index contributed by atoms with van der Waals surface area (Å²) in [6, 6.07) is -1.17. The monoisotopic (exact) mass is 984 g/mol. The number of rotatable bonds is 51. The highest BCUT2D eigenvalue weighted by molar-refractivity contribution is 5.80. The van der Waals surface area contributed by atoms with Crippen LogP contribution in [0.25, 0.3) is 0 Å². The van der Waals surface area contributed by atoms with E-state index >= 15 is 0 Å². The quantitative estimate of drug-likeness (QED) is 0.0215. The summed E-state index contributed by atoms with van der Waals surface area (Å²) in [7, 11) is 0. The first-order valence-corrected chi connectivity index (χ1v) is 29.6. The molecule has 1 aliphatic rings. The molecule has 1 rings (SSSR count). The minimum absolute atomic E-state index is 0.261. The van der Waals surface area contributed by atoms with E-state index in [1.165, 1.54) is 205 Å². The van der Waals surface area contributed by atoms with E-state index in [0.717, 1.165) is 38.5 Å². The molecule has 410 valence electrons. The number of ether oxygens (including phenoxy) is 2. The van der Waals surface area contributed by atoms with E-state index in [4.69, 9.17) is 9.47 Å². The fourth-order valence-electron chi connectivity index (χ4n) is 9.73. The molecule has 8 N–H and O–H groups in total. The van der Waals surface area contributed by atoms with E-state index < -0.39 is 74.2 Å². The van der Waals surface area contributed by atoms with Crippen LogP contribution in [0.2, 0.25) is 0 Å². The van der Waals surface area contributed by atoms with Gasteiger partial charge >= 0.3 is 0 Å². The Morgan fingerprint density at radius 2 is 0.841 bits per heavy atom. The molecule has 0 aromatic carbocycles. The molecular weight excluding hydrogens is 871 g/mol. The summed E-state index contributed by atoms with van der Waals surface area (Å²) in [5.41, 5.74) is 0. The Morgan fingerprint density at radius 1 is 0.493 bits per heavy atom. The van der Waals surface area contributed by atoms with Gasteiger partial charge in [0, 0.05) is 0 Å². The third-order valence-corrected chi connectivity index (χ3v) is 14.6. The predicted octanol–water partition coefficient (Wildman–Crippen LogP) is 12.4. The molecule has 0 bridgehead atoms. The first-order chi connectivity index (χ1) is 33.7. The fourth-order valence-corrected chi connectivity index (χ4v) is 9.73. The molecule has 0 aliphatic carbocycles. The maximum absolute atomic E-state index is 13.2. The van der Waals surface area contributed by atoms with Crippen molar-refractivity contribution in [1.29, 1.82) is 0 Å². The van der Waals surface area contributed by atoms with Crippen LogP contribution in [-0.2, 0) is 14.3 Å². The lowest BCUT2D eigenvalue weighted by Crippen LogP contribution is -2.60. The van der Waals surface area contributed by atoms with Gasteiger partial charge in [-0.15, -0.1) is 0 Å². The number of unbranched alkanes of at least 4 members (excludes halogenated alkanes) is 37. The third kappa shape index (κ3) is 36.4. The number of allylic oxidation sites excluding steroid dienone is 2. The number of hydrogen-bond donors (Lipinski definition) is 8. The zero-order valence-corrected chi connectivity index (χ0v) is 44.8. The van der Waals surface area contributed by atoms with Gasteiger partial charge in [-0.1, -0.05) is 257 Å². The van der Waals surface area contributed by atoms with E-state index in [1.807, 2.05) is 0 Å². The number of aliphatic hydroxyl groups excluding tert-OH is 7. The first kappa shape index (κ1) is 65.9. The van der Waals surface area contributed by atoms with Crippen molar-refractivity contribution in [3.05, 3.63) is 12.2 Å². The largest absolute Gasteiger partial charge is 0.394 e. The van der Waals surface area contributed by atoms with Gasteiger partial charge < -0.3 is 50.5 Å². The van der Waals surface area contributed by atoms with Gasteiger partial charge in [0.25, 0.3) is 0 Å². The molecule has 1 amide bonds. The highest BCUT2D eigenvalue weighted by Gasteiger charge is 2.44. The normalized spacial score (nSPS) is 20.4. The summed E-state index contributed by atoms with van der Waals surface area (Å²) >= 11 is 0. The Bertz CT molecular complexity index is 1130. The van der Waals surface area contributed by atoms with Gasteiger partial charge in [0.15, 0.2) is 6.29 Å². The van der Waals surface area contributed by atoms with E-state index in [1.54, 1.807) is 0 Å². The lowest BCUT2D eigenvalue weighted by atomic mass is 9.98. The first-order valence-electron chi connectivity index (χ1n) is 29.6. The molecule has 0 spiro atoms. The van der Waals surface area contributed by atoms with Crippen LogP contribution in [0.15, 0.2) is 12.2 Å². The molecule has 0 saturated carbocycles. The molecule has 9 unspecified atom stereocenters. The standard InChI is InChI=1S/C58H113NO10/c1-3-5-7-9-11-13-15-17-19-21-22-23-24-25-26-27-28-30-32-34-36-38-40-42-44-46-51(62)57(67)59-49(48-68-58-56(66)55(65)54(64)52(47-60)69-58)53(63)50(61)45-43-41-39-37-35-33-31-29-20-18-16-14-12-10-8-6-4-2/h25-26,49-56,58,60-66H,3-24,27-48H2,1-2H3,(H,59,67)/b26-25-. The Balaban J connectivity index is 2.28. The summed E-state index contributed by atoms with van der Waals surface area (Å²) in [4.78, 5) is 13.2. The molecule has 11 heteroatoms. The molecule has 69 heavy (non-hydrogen) atoms. The van der Waals surface area contributed by atoms with Crippen LogP contribution in [0, 0.1) is 0 Å². The molecule has 1 fully saturated rings. The Hall–Kier alpha value is -1.15.